The standard InChI is InChI=1S/C16H27N3O/c1-3-4-5-6-7-8-12-19-15(20)10-9-11-18-13-14(2)17-16(18)19/h13H,3-12H2,1-2H3. The summed E-state index contributed by atoms with van der Waals surface area (Å²) in [5.41, 5.74) is 1.00. The Labute approximate surface area is 122 Å². The summed E-state index contributed by atoms with van der Waals surface area (Å²) >= 11 is 0. The molecule has 1 amide bonds. The lowest BCUT2D eigenvalue weighted by Gasteiger charge is -2.19. The maximum atomic E-state index is 12.2. The van der Waals surface area contributed by atoms with Gasteiger partial charge in [0.25, 0.3) is 0 Å². The van der Waals surface area contributed by atoms with Crippen molar-refractivity contribution in [2.45, 2.75) is 71.8 Å². The molecule has 0 spiro atoms. The van der Waals surface area contributed by atoms with Crippen molar-refractivity contribution in [2.75, 3.05) is 11.4 Å². The molecule has 2 rings (SSSR count). The second kappa shape index (κ2) is 7.46. The highest BCUT2D eigenvalue weighted by atomic mass is 16.2. The van der Waals surface area contributed by atoms with E-state index in [0.717, 1.165) is 37.6 Å². The van der Waals surface area contributed by atoms with Crippen molar-refractivity contribution < 1.29 is 4.79 Å². The summed E-state index contributed by atoms with van der Waals surface area (Å²) in [5.74, 6) is 1.10. The van der Waals surface area contributed by atoms with Crippen molar-refractivity contribution in [3.05, 3.63) is 11.9 Å². The Kier molecular flexibility index (Phi) is 5.62. The minimum atomic E-state index is 0.239. The zero-order chi connectivity index (χ0) is 14.4. The summed E-state index contributed by atoms with van der Waals surface area (Å²) in [7, 11) is 0. The number of hydrogen-bond acceptors (Lipinski definition) is 2. The zero-order valence-corrected chi connectivity index (χ0v) is 12.9. The fourth-order valence-electron chi connectivity index (χ4n) is 2.84. The Hall–Kier alpha value is -1.32. The molecule has 0 bridgehead atoms. The predicted molar refractivity (Wildman–Crippen MR) is 81.9 cm³/mol. The van der Waals surface area contributed by atoms with E-state index in [0.29, 0.717) is 6.42 Å². The fourth-order valence-corrected chi connectivity index (χ4v) is 2.84. The second-order valence-corrected chi connectivity index (χ2v) is 5.79. The Morgan fingerprint density at radius 1 is 1.20 bits per heavy atom. The molecule has 2 heterocycles. The molecular weight excluding hydrogens is 250 g/mol. The van der Waals surface area contributed by atoms with Gasteiger partial charge in [-0.1, -0.05) is 39.0 Å². The van der Waals surface area contributed by atoms with Gasteiger partial charge in [0.2, 0.25) is 11.9 Å². The molecule has 1 aliphatic heterocycles. The van der Waals surface area contributed by atoms with E-state index in [1.807, 2.05) is 11.8 Å². The number of nitrogens with zero attached hydrogens (tertiary/aromatic N) is 3. The SMILES string of the molecule is CCCCCCCCN1C(=O)CCCn2cc(C)nc21. The van der Waals surface area contributed by atoms with Crippen LogP contribution >= 0.6 is 0 Å². The molecule has 0 radical (unpaired) electrons. The van der Waals surface area contributed by atoms with Crippen LogP contribution in [0.15, 0.2) is 6.20 Å². The van der Waals surface area contributed by atoms with Crippen molar-refractivity contribution >= 4 is 11.9 Å². The lowest BCUT2D eigenvalue weighted by molar-refractivity contribution is -0.118. The van der Waals surface area contributed by atoms with Gasteiger partial charge >= 0.3 is 0 Å². The van der Waals surface area contributed by atoms with Gasteiger partial charge in [-0.15, -0.1) is 0 Å². The maximum Gasteiger partial charge on any atom is 0.229 e. The van der Waals surface area contributed by atoms with Crippen LogP contribution in [0.2, 0.25) is 0 Å². The number of carbonyl (C=O) groups excluding carboxylic acids is 1. The van der Waals surface area contributed by atoms with Crippen molar-refractivity contribution in [3.63, 3.8) is 0 Å². The molecule has 0 aromatic carbocycles. The van der Waals surface area contributed by atoms with E-state index in [-0.39, 0.29) is 5.91 Å². The first-order valence-corrected chi connectivity index (χ1v) is 8.06. The lowest BCUT2D eigenvalue weighted by Crippen LogP contribution is -2.32. The quantitative estimate of drug-likeness (QED) is 0.713. The normalized spacial score (nSPS) is 15.3. The van der Waals surface area contributed by atoms with Gasteiger partial charge in [-0.25, -0.2) is 4.98 Å². The number of aromatic nitrogens is 2. The van der Waals surface area contributed by atoms with E-state index in [4.69, 9.17) is 0 Å². The highest BCUT2D eigenvalue weighted by Gasteiger charge is 2.23. The highest BCUT2D eigenvalue weighted by molar-refractivity contribution is 5.92. The van der Waals surface area contributed by atoms with Gasteiger partial charge in [0, 0.05) is 25.7 Å². The van der Waals surface area contributed by atoms with E-state index in [1.165, 1.54) is 32.1 Å². The smallest absolute Gasteiger partial charge is 0.229 e. The van der Waals surface area contributed by atoms with Crippen molar-refractivity contribution in [1.82, 2.24) is 9.55 Å². The minimum absolute atomic E-state index is 0.239. The first kappa shape index (κ1) is 15.1. The van der Waals surface area contributed by atoms with Gasteiger partial charge in [0.1, 0.15) is 0 Å². The highest BCUT2D eigenvalue weighted by Crippen LogP contribution is 2.21. The zero-order valence-electron chi connectivity index (χ0n) is 12.9. The molecule has 0 N–H and O–H groups in total. The Bertz CT molecular complexity index is 439. The number of aryl methyl sites for hydroxylation is 2. The number of carbonyl (C=O) groups is 1. The number of amides is 1. The monoisotopic (exact) mass is 277 g/mol. The molecular formula is C16H27N3O. The first-order valence-electron chi connectivity index (χ1n) is 8.06. The van der Waals surface area contributed by atoms with Crippen molar-refractivity contribution in [3.8, 4) is 0 Å². The molecule has 1 aromatic rings. The van der Waals surface area contributed by atoms with E-state index < -0.39 is 0 Å². The Morgan fingerprint density at radius 2 is 1.95 bits per heavy atom. The third-order valence-electron chi connectivity index (χ3n) is 3.94. The summed E-state index contributed by atoms with van der Waals surface area (Å²) < 4.78 is 2.14. The number of anilines is 1. The Morgan fingerprint density at radius 3 is 2.75 bits per heavy atom. The number of hydrogen-bond donors (Lipinski definition) is 0. The van der Waals surface area contributed by atoms with Gasteiger partial charge in [0.15, 0.2) is 0 Å². The van der Waals surface area contributed by atoms with Gasteiger partial charge < -0.3 is 4.57 Å². The van der Waals surface area contributed by atoms with Crippen LogP contribution in [0.5, 0.6) is 0 Å². The van der Waals surface area contributed by atoms with Crippen LogP contribution < -0.4 is 4.90 Å². The fraction of sp³-hybridized carbons (Fsp3) is 0.750. The molecule has 0 fully saturated rings. The molecule has 4 heteroatoms. The van der Waals surface area contributed by atoms with Crippen LogP contribution in [0.4, 0.5) is 5.95 Å². The number of imidazole rings is 1. The molecule has 0 saturated carbocycles. The third-order valence-corrected chi connectivity index (χ3v) is 3.94. The van der Waals surface area contributed by atoms with Gasteiger partial charge in [0.05, 0.1) is 5.69 Å². The molecule has 0 aliphatic carbocycles. The molecule has 0 unspecified atom stereocenters. The van der Waals surface area contributed by atoms with Gasteiger partial charge in [-0.05, 0) is 19.8 Å². The Balaban J connectivity index is 1.89. The third kappa shape index (κ3) is 3.84. The molecule has 4 nitrogen and oxygen atoms in total. The minimum Gasteiger partial charge on any atom is -0.317 e. The first-order chi connectivity index (χ1) is 9.72. The lowest BCUT2D eigenvalue weighted by atomic mass is 10.1. The van der Waals surface area contributed by atoms with Crippen molar-refractivity contribution in [1.29, 1.82) is 0 Å². The maximum absolute atomic E-state index is 12.2. The van der Waals surface area contributed by atoms with E-state index in [1.54, 1.807) is 0 Å². The summed E-state index contributed by atoms with van der Waals surface area (Å²) in [5, 5.41) is 0. The molecule has 1 aromatic heterocycles. The van der Waals surface area contributed by atoms with Crippen LogP contribution in [-0.4, -0.2) is 22.0 Å². The predicted octanol–water partition coefficient (Wildman–Crippen LogP) is 3.68. The van der Waals surface area contributed by atoms with Crippen LogP contribution in [0.25, 0.3) is 0 Å². The van der Waals surface area contributed by atoms with Gasteiger partial charge in [-0.3, -0.25) is 9.69 Å². The summed E-state index contributed by atoms with van der Waals surface area (Å²) in [6.45, 7) is 5.96. The summed E-state index contributed by atoms with van der Waals surface area (Å²) in [6, 6.07) is 0. The number of fused-ring (bicyclic) bond motifs is 1. The largest absolute Gasteiger partial charge is 0.317 e. The van der Waals surface area contributed by atoms with E-state index in [9.17, 15) is 4.79 Å². The molecule has 1 aliphatic rings. The number of unbranched alkanes of at least 4 members (excludes halogenated alkanes) is 5. The molecule has 112 valence electrons. The molecule has 0 saturated heterocycles. The van der Waals surface area contributed by atoms with Crippen LogP contribution in [0.1, 0.15) is 64.0 Å². The average Bonchev–Trinajstić information content (AvgIpc) is 2.72. The molecule has 0 atom stereocenters. The summed E-state index contributed by atoms with van der Waals surface area (Å²) in [6.07, 6.45) is 11.1. The van der Waals surface area contributed by atoms with Crippen LogP contribution in [0.3, 0.4) is 0 Å². The van der Waals surface area contributed by atoms with E-state index >= 15 is 0 Å². The topological polar surface area (TPSA) is 38.1 Å². The van der Waals surface area contributed by atoms with Gasteiger partial charge in [-0.2, -0.15) is 0 Å². The van der Waals surface area contributed by atoms with Crippen LogP contribution in [-0.2, 0) is 11.3 Å². The summed E-state index contributed by atoms with van der Waals surface area (Å²) in [4.78, 5) is 18.7. The number of rotatable bonds is 7. The molecule has 20 heavy (non-hydrogen) atoms. The van der Waals surface area contributed by atoms with Crippen molar-refractivity contribution in [2.24, 2.45) is 0 Å². The van der Waals surface area contributed by atoms with E-state index in [2.05, 4.69) is 22.7 Å². The second-order valence-electron chi connectivity index (χ2n) is 5.79. The average molecular weight is 277 g/mol. The van der Waals surface area contributed by atoms with Crippen LogP contribution in [0, 0.1) is 6.92 Å².